The first-order chi connectivity index (χ1) is 2.00. The van der Waals surface area contributed by atoms with Crippen LogP contribution in [0.3, 0.4) is 0 Å². The Labute approximate surface area is 66.0 Å². The maximum atomic E-state index is 8.28. The van der Waals surface area contributed by atoms with E-state index in [1.807, 2.05) is 0 Å². The molecular weight excluding hydrogens is 127 g/mol. The molecule has 0 aliphatic carbocycles. The molecule has 0 spiro atoms. The molecule has 0 saturated carbocycles. The van der Waals surface area contributed by atoms with E-state index in [9.17, 15) is 0 Å². The summed E-state index contributed by atoms with van der Waals surface area (Å²) in [6.45, 7) is 0. The quantitative estimate of drug-likeness (QED) is 0.336. The van der Waals surface area contributed by atoms with E-state index in [4.69, 9.17) is 8.27 Å². The topological polar surface area (TPSA) is 65.6 Å². The molecule has 0 amide bonds. The maximum absolute atomic E-state index is 8.28. The minimum absolute atomic E-state index is 0. The zero-order valence-electron chi connectivity index (χ0n) is 5.44. The van der Waals surface area contributed by atoms with E-state index in [1.165, 1.54) is 0 Å². The average Bonchev–Trinajstić information content (AvgIpc) is 1.50. The molecule has 0 aliphatic heterocycles. The molecule has 0 aromatic carbocycles. The Hall–Kier alpha value is 1.08. The Kier molecular flexibility index (Phi) is 623. The second kappa shape index (κ2) is 135. The predicted molar refractivity (Wildman–Crippen MR) is 28.7 cm³/mol. The summed E-state index contributed by atoms with van der Waals surface area (Å²) in [5.41, 5.74) is 0. The van der Waals surface area contributed by atoms with E-state index in [0.717, 1.165) is 0 Å². The first-order valence-electron chi connectivity index (χ1n) is 0.577. The minimum atomic E-state index is 0. The Bertz CT molecular complexity index is 19.2. The molecule has 0 rings (SSSR count). The fourth-order valence-corrected chi connectivity index (χ4v) is 0. The van der Waals surface area contributed by atoms with Crippen molar-refractivity contribution in [3.63, 3.8) is 0 Å². The second-order valence-electron chi connectivity index (χ2n) is 0. The summed E-state index contributed by atoms with van der Waals surface area (Å²) >= 11 is 0.611. The van der Waals surface area contributed by atoms with Crippen molar-refractivity contribution >= 4 is 49.4 Å². The molecule has 6 heteroatoms. The van der Waals surface area contributed by atoms with Crippen molar-refractivity contribution in [2.45, 2.75) is 0 Å². The van der Waals surface area contributed by atoms with E-state index in [-0.39, 0.29) is 31.4 Å². The average molecular weight is 134 g/mol. The Morgan fingerprint density at radius 3 is 1.33 bits per heavy atom. The van der Waals surface area contributed by atoms with Gasteiger partial charge in [0.15, 0.2) is 0 Å². The van der Waals surface area contributed by atoms with Crippen LogP contribution in [0, 0.1) is 0 Å². The van der Waals surface area contributed by atoms with Crippen molar-refractivity contribution in [3.8, 4) is 0 Å². The van der Waals surface area contributed by atoms with E-state index >= 15 is 0 Å². The van der Waals surface area contributed by atoms with Gasteiger partial charge in [-0.2, -0.15) is 0 Å². The van der Waals surface area contributed by atoms with Gasteiger partial charge in [0.2, 0.25) is 10.1 Å². The van der Waals surface area contributed by atoms with Gasteiger partial charge in [-0.05, 0) is 0 Å². The molecule has 0 atom stereocenters. The summed E-state index contributed by atoms with van der Waals surface area (Å²) in [4.78, 5) is 0. The standard InChI is InChI=1S/Al.Mg.H2OSi.H2O.O.3H/c;;1-2;;;;;/h;;2H2;1H2;;;;/q;+2;;;;;2*-1. The fourth-order valence-electron chi connectivity index (χ4n) is 0. The van der Waals surface area contributed by atoms with Crippen LogP contribution in [-0.4, -0.2) is 54.9 Å². The van der Waals surface area contributed by atoms with Gasteiger partial charge in [0, 0.05) is 0 Å². The summed E-state index contributed by atoms with van der Waals surface area (Å²) in [7, 11) is 0.611. The molecule has 0 unspecified atom stereocenters. The normalized spacial score (nSPS) is 1.17. The summed E-state index contributed by atoms with van der Waals surface area (Å²) in [6.07, 6.45) is 0. The van der Waals surface area contributed by atoms with Gasteiger partial charge in [0.1, 0.15) is 0 Å². The Morgan fingerprint density at radius 2 is 1.33 bits per heavy atom. The van der Waals surface area contributed by atoms with Gasteiger partial charge in [-0.15, -0.1) is 0 Å². The van der Waals surface area contributed by atoms with Gasteiger partial charge in [-0.3, -0.25) is 0 Å². The van der Waals surface area contributed by atoms with Crippen LogP contribution in [0.1, 0.15) is 2.85 Å². The van der Waals surface area contributed by atoms with Crippen molar-refractivity contribution < 1.29 is 16.6 Å². The van der Waals surface area contributed by atoms with E-state index < -0.39 is 0 Å². The molecule has 34 valence electrons. The molecule has 0 aromatic rings. The second-order valence-corrected chi connectivity index (χ2v) is 0. The molecule has 0 radical (unpaired) electrons. The van der Waals surface area contributed by atoms with E-state index in [0.29, 0.717) is 26.4 Å². The van der Waals surface area contributed by atoms with Crippen molar-refractivity contribution in [1.29, 1.82) is 0 Å². The van der Waals surface area contributed by atoms with Crippen LogP contribution in [0.5, 0.6) is 0 Å². The molecule has 0 heterocycles. The molecule has 0 saturated heterocycles. The molecule has 0 aromatic heterocycles. The van der Waals surface area contributed by atoms with Crippen molar-refractivity contribution in [2.24, 2.45) is 0 Å². The third kappa shape index (κ3) is 72.9. The predicted octanol–water partition coefficient (Wildman–Crippen LogP) is -2.78. The van der Waals surface area contributed by atoms with Crippen LogP contribution in [0.2, 0.25) is 0 Å². The summed E-state index contributed by atoms with van der Waals surface area (Å²) < 4.78 is 16.6. The Balaban J connectivity index is -0.00000000167. The summed E-state index contributed by atoms with van der Waals surface area (Å²) in [6, 6.07) is 0. The first kappa shape index (κ1) is 27.6. The van der Waals surface area contributed by atoms with Gasteiger partial charge in [0.25, 0.3) is 0 Å². The van der Waals surface area contributed by atoms with E-state index in [1.54, 1.807) is 0 Å². The van der Waals surface area contributed by atoms with Crippen LogP contribution in [0.25, 0.3) is 0 Å². The van der Waals surface area contributed by atoms with Gasteiger partial charge in [0.05, 0.1) is 0 Å². The molecule has 0 aliphatic rings. The molecule has 0 fully saturated rings. The number of rotatable bonds is 0. The van der Waals surface area contributed by atoms with Crippen molar-refractivity contribution in [1.82, 2.24) is 0 Å². The van der Waals surface area contributed by atoms with Crippen LogP contribution < -0.4 is 0 Å². The summed E-state index contributed by atoms with van der Waals surface area (Å²) in [5.74, 6) is 0. The van der Waals surface area contributed by atoms with Gasteiger partial charge < -0.3 is 12.8 Å². The van der Waals surface area contributed by atoms with Crippen LogP contribution in [0.4, 0.5) is 0 Å². The van der Waals surface area contributed by atoms with Crippen LogP contribution in [0.15, 0.2) is 0 Å². The SMILES string of the molecule is O.O=[SiH2].[H-].[H-].[Mg+2].[O]=[AlH]. The van der Waals surface area contributed by atoms with E-state index in [2.05, 4.69) is 0 Å². The molecule has 2 N–H and O–H groups in total. The third-order valence-corrected chi connectivity index (χ3v) is 0. The molecular formula is H7AlMgO3Si. The van der Waals surface area contributed by atoms with Gasteiger partial charge in [-0.25, -0.2) is 0 Å². The monoisotopic (exact) mass is 134 g/mol. The van der Waals surface area contributed by atoms with Crippen LogP contribution >= 0.6 is 0 Å². The molecule has 3 nitrogen and oxygen atoms in total. The van der Waals surface area contributed by atoms with Crippen molar-refractivity contribution in [2.75, 3.05) is 0 Å². The third-order valence-electron chi connectivity index (χ3n) is 0. The summed E-state index contributed by atoms with van der Waals surface area (Å²) in [5, 5.41) is 0. The van der Waals surface area contributed by atoms with Gasteiger partial charge >= 0.3 is 43.1 Å². The number of hydrogen-bond acceptors (Lipinski definition) is 2. The zero-order chi connectivity index (χ0) is 4.00. The fraction of sp³-hybridized carbons (Fsp3) is 0. The molecule has 0 bridgehead atoms. The zero-order valence-corrected chi connectivity index (χ0v) is 7.68. The first-order valence-corrected chi connectivity index (χ1v) is 1.73. The molecule has 6 heavy (non-hydrogen) atoms. The Morgan fingerprint density at radius 1 is 1.33 bits per heavy atom. The van der Waals surface area contributed by atoms with Gasteiger partial charge in [-0.1, -0.05) is 0 Å². The van der Waals surface area contributed by atoms with Crippen LogP contribution in [-0.2, 0) is 8.27 Å². The number of hydrogen-bond donors (Lipinski definition) is 0. The van der Waals surface area contributed by atoms with Crippen molar-refractivity contribution in [3.05, 3.63) is 0 Å².